The van der Waals surface area contributed by atoms with Gasteiger partial charge in [-0.2, -0.15) is 0 Å². The Hall–Kier alpha value is -4.38. The van der Waals surface area contributed by atoms with Gasteiger partial charge >= 0.3 is 6.36 Å². The van der Waals surface area contributed by atoms with Gasteiger partial charge in [0.25, 0.3) is 11.8 Å². The molecule has 0 fully saturated rings. The third-order valence-corrected chi connectivity index (χ3v) is 6.41. The standard InChI is InChI=1S/C25H27F5N8O3S/c1-14-2-3-15(9-33-14)10-34-23(40)24-37-36-21(42-24)7-4-17(26)12-38(32)13-20(31)22(39)35-11-16-8-18(5-6-19(16)27)41-25(28,29)30/h2-3,5-6,8-9,13,17H,4,7,10-12,31-32H2,1H3,(H,34,40)(H,35,39)/b20-13-. The molecule has 0 saturated heterocycles. The second-order valence-corrected chi connectivity index (χ2v) is 9.95. The quantitative estimate of drug-likeness (QED) is 0.0982. The number of alkyl halides is 4. The lowest BCUT2D eigenvalue weighted by atomic mass is 10.2. The van der Waals surface area contributed by atoms with Gasteiger partial charge in [0.05, 0.1) is 6.54 Å². The van der Waals surface area contributed by atoms with Crippen LogP contribution in [0.25, 0.3) is 0 Å². The second-order valence-electron chi connectivity index (χ2n) is 8.89. The third kappa shape index (κ3) is 10.5. The Bertz CT molecular complexity index is 1400. The molecule has 0 aliphatic heterocycles. The van der Waals surface area contributed by atoms with Gasteiger partial charge in [0.2, 0.25) is 5.01 Å². The van der Waals surface area contributed by atoms with Crippen LogP contribution in [0.5, 0.6) is 5.75 Å². The van der Waals surface area contributed by atoms with Gasteiger partial charge in [-0.05, 0) is 43.2 Å². The maximum absolute atomic E-state index is 14.5. The topological polar surface area (TPSA) is 161 Å². The van der Waals surface area contributed by atoms with Crippen molar-refractivity contribution in [2.24, 2.45) is 11.6 Å². The molecule has 11 nitrogen and oxygen atoms in total. The predicted octanol–water partition coefficient (Wildman–Crippen LogP) is 2.77. The van der Waals surface area contributed by atoms with Crippen LogP contribution in [0.15, 0.2) is 48.4 Å². The highest BCUT2D eigenvalue weighted by molar-refractivity contribution is 7.13. The monoisotopic (exact) mass is 614 g/mol. The molecule has 17 heteroatoms. The number of nitrogens with zero attached hydrogens (tertiary/aromatic N) is 4. The molecule has 2 heterocycles. The van der Waals surface area contributed by atoms with Gasteiger partial charge in [0.15, 0.2) is 0 Å². The Morgan fingerprint density at radius 2 is 1.93 bits per heavy atom. The van der Waals surface area contributed by atoms with Crippen LogP contribution in [-0.4, -0.2) is 51.1 Å². The van der Waals surface area contributed by atoms with E-state index in [1.807, 2.05) is 19.1 Å². The number of pyridine rings is 1. The van der Waals surface area contributed by atoms with Crippen LogP contribution >= 0.6 is 11.3 Å². The van der Waals surface area contributed by atoms with Gasteiger partial charge in [-0.15, -0.1) is 23.4 Å². The van der Waals surface area contributed by atoms with Crippen LogP contribution in [0, 0.1) is 12.7 Å². The fourth-order valence-electron chi connectivity index (χ4n) is 3.36. The molecule has 2 aromatic heterocycles. The Balaban J connectivity index is 1.42. The summed E-state index contributed by atoms with van der Waals surface area (Å²) in [6.45, 7) is 1.25. The number of halogens is 5. The summed E-state index contributed by atoms with van der Waals surface area (Å²) in [5, 5.41) is 14.1. The fourth-order valence-corrected chi connectivity index (χ4v) is 4.13. The molecule has 1 aromatic carbocycles. The summed E-state index contributed by atoms with van der Waals surface area (Å²) >= 11 is 1.03. The number of hydrazine groups is 1. The van der Waals surface area contributed by atoms with E-state index in [0.717, 1.165) is 52.0 Å². The number of aromatic nitrogens is 3. The highest BCUT2D eigenvalue weighted by Crippen LogP contribution is 2.24. The van der Waals surface area contributed by atoms with Crippen molar-refractivity contribution in [2.75, 3.05) is 6.54 Å². The molecule has 6 N–H and O–H groups in total. The van der Waals surface area contributed by atoms with Crippen molar-refractivity contribution in [3.05, 3.63) is 81.1 Å². The predicted molar refractivity (Wildman–Crippen MR) is 141 cm³/mol. The van der Waals surface area contributed by atoms with Gasteiger partial charge in [0, 0.05) is 43.2 Å². The number of hydrogen-bond acceptors (Lipinski definition) is 10. The molecule has 0 spiro atoms. The number of nitrogens with one attached hydrogen (secondary N) is 2. The number of carbonyl (C=O) groups is 2. The van der Waals surface area contributed by atoms with Crippen LogP contribution in [0.2, 0.25) is 0 Å². The van der Waals surface area contributed by atoms with Crippen molar-refractivity contribution in [1.29, 1.82) is 0 Å². The van der Waals surface area contributed by atoms with Crippen molar-refractivity contribution in [3.63, 3.8) is 0 Å². The van der Waals surface area contributed by atoms with E-state index in [9.17, 15) is 31.5 Å². The summed E-state index contributed by atoms with van der Waals surface area (Å²) < 4.78 is 69.3. The van der Waals surface area contributed by atoms with Crippen molar-refractivity contribution < 1.29 is 36.3 Å². The van der Waals surface area contributed by atoms with Crippen molar-refractivity contribution in [2.45, 2.75) is 45.4 Å². The average Bonchev–Trinajstić information content (AvgIpc) is 3.40. The first-order valence-corrected chi connectivity index (χ1v) is 13.1. The van der Waals surface area contributed by atoms with Crippen molar-refractivity contribution in [3.8, 4) is 5.75 Å². The van der Waals surface area contributed by atoms with Crippen LogP contribution in [0.1, 0.15) is 38.1 Å². The van der Waals surface area contributed by atoms with E-state index in [2.05, 4.69) is 30.6 Å². The molecular formula is C25H27F5N8O3S. The first-order valence-electron chi connectivity index (χ1n) is 12.3. The van der Waals surface area contributed by atoms with E-state index in [1.165, 1.54) is 0 Å². The molecule has 0 bridgehead atoms. The van der Waals surface area contributed by atoms with E-state index in [0.29, 0.717) is 5.01 Å². The van der Waals surface area contributed by atoms with E-state index in [1.54, 1.807) is 6.20 Å². The molecule has 0 aliphatic rings. The largest absolute Gasteiger partial charge is 0.573 e. The van der Waals surface area contributed by atoms with Crippen LogP contribution in [-0.2, 0) is 24.3 Å². The Kier molecular flexibility index (Phi) is 11.1. The lowest BCUT2D eigenvalue weighted by Crippen LogP contribution is -2.36. The minimum Gasteiger partial charge on any atom is -0.406 e. The number of rotatable bonds is 13. The molecule has 1 atom stereocenters. The molecular weight excluding hydrogens is 587 g/mol. The molecule has 0 saturated carbocycles. The molecule has 42 heavy (non-hydrogen) atoms. The summed E-state index contributed by atoms with van der Waals surface area (Å²) in [5.74, 6) is 2.84. The number of hydrogen-bond donors (Lipinski definition) is 4. The molecule has 3 rings (SSSR count). The first-order chi connectivity index (χ1) is 19.8. The Morgan fingerprint density at radius 1 is 1.17 bits per heavy atom. The van der Waals surface area contributed by atoms with Crippen LogP contribution < -0.4 is 26.9 Å². The average molecular weight is 615 g/mol. The Morgan fingerprint density at radius 3 is 2.62 bits per heavy atom. The van der Waals surface area contributed by atoms with Crippen LogP contribution in [0.4, 0.5) is 22.0 Å². The number of benzene rings is 1. The normalized spacial score (nSPS) is 12.5. The van der Waals surface area contributed by atoms with E-state index >= 15 is 0 Å². The summed E-state index contributed by atoms with van der Waals surface area (Å²) in [6.07, 6.45) is -3.68. The number of nitrogens with two attached hydrogens (primary N) is 2. The molecule has 0 aliphatic carbocycles. The van der Waals surface area contributed by atoms with Crippen LogP contribution in [0.3, 0.4) is 0 Å². The fraction of sp³-hybridized carbons (Fsp3) is 0.320. The summed E-state index contributed by atoms with van der Waals surface area (Å²) in [4.78, 5) is 28.7. The van der Waals surface area contributed by atoms with Gasteiger partial charge in [-0.25, -0.2) is 14.6 Å². The Labute approximate surface area is 240 Å². The zero-order valence-electron chi connectivity index (χ0n) is 22.1. The van der Waals surface area contributed by atoms with Gasteiger partial charge in [-0.3, -0.25) is 14.6 Å². The molecule has 2 amide bonds. The smallest absolute Gasteiger partial charge is 0.406 e. The zero-order chi connectivity index (χ0) is 30.9. The minimum absolute atomic E-state index is 0.0193. The van der Waals surface area contributed by atoms with E-state index < -0.39 is 48.2 Å². The third-order valence-electron chi connectivity index (χ3n) is 5.42. The first kappa shape index (κ1) is 32.1. The lowest BCUT2D eigenvalue weighted by Gasteiger charge is -2.17. The van der Waals surface area contributed by atoms with Crippen molar-refractivity contribution >= 4 is 23.2 Å². The van der Waals surface area contributed by atoms with E-state index in [4.69, 9.17) is 11.6 Å². The maximum atomic E-state index is 14.5. The lowest BCUT2D eigenvalue weighted by molar-refractivity contribution is -0.274. The molecule has 226 valence electrons. The second kappa shape index (κ2) is 14.5. The summed E-state index contributed by atoms with van der Waals surface area (Å²) in [5.41, 5.74) is 6.59. The molecule has 1 unspecified atom stereocenters. The van der Waals surface area contributed by atoms with Crippen molar-refractivity contribution in [1.82, 2.24) is 30.8 Å². The number of amides is 2. The molecule has 3 aromatic rings. The number of carbonyl (C=O) groups excluding carboxylic acids is 2. The molecule has 0 radical (unpaired) electrons. The SMILES string of the molecule is Cc1ccc(CNC(=O)c2nnc(CCC(F)CN(N)/C=C(\N)C(=O)NCc3cc(OC(F)(F)F)ccc3F)s2)cn1. The highest BCUT2D eigenvalue weighted by atomic mass is 32.1. The summed E-state index contributed by atoms with van der Waals surface area (Å²) in [6, 6.07) is 5.99. The number of ether oxygens (including phenoxy) is 1. The minimum atomic E-state index is -4.97. The van der Waals surface area contributed by atoms with Gasteiger partial charge in [0.1, 0.15) is 28.4 Å². The number of aryl methyl sites for hydroxylation is 2. The summed E-state index contributed by atoms with van der Waals surface area (Å²) in [7, 11) is 0. The van der Waals surface area contributed by atoms with E-state index in [-0.39, 0.29) is 36.5 Å². The zero-order valence-corrected chi connectivity index (χ0v) is 22.9. The highest BCUT2D eigenvalue weighted by Gasteiger charge is 2.31. The maximum Gasteiger partial charge on any atom is 0.573 e. The van der Waals surface area contributed by atoms with Gasteiger partial charge in [-0.1, -0.05) is 17.4 Å². The van der Waals surface area contributed by atoms with Gasteiger partial charge < -0.3 is 26.1 Å².